The molecule has 2 rings (SSSR count). The van der Waals surface area contributed by atoms with Crippen LogP contribution in [0.5, 0.6) is 5.75 Å². The molecule has 3 N–H and O–H groups in total. The van der Waals surface area contributed by atoms with Gasteiger partial charge < -0.3 is 15.6 Å². The highest BCUT2D eigenvalue weighted by atomic mass is 16.5. The highest BCUT2D eigenvalue weighted by Crippen LogP contribution is 2.37. The van der Waals surface area contributed by atoms with E-state index in [2.05, 4.69) is 4.99 Å². The maximum atomic E-state index is 10.2. The number of nitrogens with two attached hydrogens (primary N) is 1. The summed E-state index contributed by atoms with van der Waals surface area (Å²) in [7, 11) is 0. The largest absolute Gasteiger partial charge is 0.485 e. The molecule has 1 aliphatic heterocycles. The van der Waals surface area contributed by atoms with Crippen LogP contribution >= 0.6 is 0 Å². The van der Waals surface area contributed by atoms with Gasteiger partial charge in [0.05, 0.1) is 17.5 Å². The van der Waals surface area contributed by atoms with Crippen molar-refractivity contribution in [1.29, 1.82) is 0 Å². The Kier molecular flexibility index (Phi) is 4.73. The standard InChI is InChI=1S/C18H26N2O2/c1-11(2)6-14(10-19)20-15-8-13-9-17(21)18(4,5)22-16(13)7-12(15)3/h6-8,17,21H,9-10,19H2,1-5H3. The SMILES string of the molecule is CC(C)=CC(CN)=Nc1cc2c(cc1C)OC(C)(C)C(O)C2. The number of aryl methyl sites for hydroxylation is 1. The first-order valence-corrected chi connectivity index (χ1v) is 7.66. The zero-order valence-corrected chi connectivity index (χ0v) is 14.1. The average molecular weight is 302 g/mol. The number of hydrogen-bond donors (Lipinski definition) is 2. The monoisotopic (exact) mass is 302 g/mol. The van der Waals surface area contributed by atoms with Crippen molar-refractivity contribution in [3.8, 4) is 5.75 Å². The fraction of sp³-hybridized carbons (Fsp3) is 0.500. The molecular weight excluding hydrogens is 276 g/mol. The maximum Gasteiger partial charge on any atom is 0.129 e. The van der Waals surface area contributed by atoms with E-state index in [0.717, 1.165) is 28.3 Å². The Bertz CT molecular complexity index is 626. The summed E-state index contributed by atoms with van der Waals surface area (Å²) in [6.45, 7) is 10.3. The Hall–Kier alpha value is -1.65. The highest BCUT2D eigenvalue weighted by Gasteiger charge is 2.35. The van der Waals surface area contributed by atoms with Crippen molar-refractivity contribution >= 4 is 11.4 Å². The van der Waals surface area contributed by atoms with Gasteiger partial charge in [0.2, 0.25) is 0 Å². The quantitative estimate of drug-likeness (QED) is 0.843. The van der Waals surface area contributed by atoms with E-state index in [0.29, 0.717) is 13.0 Å². The maximum absolute atomic E-state index is 10.2. The number of aliphatic hydroxyl groups is 1. The summed E-state index contributed by atoms with van der Waals surface area (Å²) >= 11 is 0. The molecule has 1 atom stereocenters. The zero-order chi connectivity index (χ0) is 16.5. The fourth-order valence-corrected chi connectivity index (χ4v) is 2.52. The molecule has 1 aromatic rings. The van der Waals surface area contributed by atoms with Gasteiger partial charge in [0, 0.05) is 13.0 Å². The third-order valence-electron chi connectivity index (χ3n) is 3.90. The van der Waals surface area contributed by atoms with Crippen molar-refractivity contribution in [2.75, 3.05) is 6.54 Å². The lowest BCUT2D eigenvalue weighted by atomic mass is 9.90. The molecule has 120 valence electrons. The van der Waals surface area contributed by atoms with Gasteiger partial charge in [-0.25, -0.2) is 0 Å². The lowest BCUT2D eigenvalue weighted by molar-refractivity contribution is -0.0411. The summed E-state index contributed by atoms with van der Waals surface area (Å²) in [5.41, 5.74) is 10.1. The molecule has 0 fully saturated rings. The van der Waals surface area contributed by atoms with Gasteiger partial charge in [-0.3, -0.25) is 4.99 Å². The van der Waals surface area contributed by atoms with Gasteiger partial charge >= 0.3 is 0 Å². The molecule has 1 aromatic carbocycles. The van der Waals surface area contributed by atoms with Crippen LogP contribution in [0.25, 0.3) is 0 Å². The molecule has 22 heavy (non-hydrogen) atoms. The molecule has 0 bridgehead atoms. The topological polar surface area (TPSA) is 67.8 Å². The van der Waals surface area contributed by atoms with Crippen molar-refractivity contribution < 1.29 is 9.84 Å². The number of nitrogens with zero attached hydrogens (tertiary/aromatic N) is 1. The number of fused-ring (bicyclic) bond motifs is 1. The Labute approximate surface area is 132 Å². The molecule has 1 aliphatic rings. The number of allylic oxidation sites excluding steroid dienone is 1. The van der Waals surface area contributed by atoms with Crippen LogP contribution in [-0.2, 0) is 6.42 Å². The fourth-order valence-electron chi connectivity index (χ4n) is 2.52. The smallest absolute Gasteiger partial charge is 0.129 e. The van der Waals surface area contributed by atoms with Crippen LogP contribution in [0, 0.1) is 6.92 Å². The van der Waals surface area contributed by atoms with E-state index >= 15 is 0 Å². The van der Waals surface area contributed by atoms with Crippen molar-refractivity contribution in [2.45, 2.75) is 52.7 Å². The van der Waals surface area contributed by atoms with Crippen LogP contribution in [0.15, 0.2) is 28.8 Å². The Balaban J connectivity index is 2.43. The molecule has 4 nitrogen and oxygen atoms in total. The number of ether oxygens (including phenoxy) is 1. The van der Waals surface area contributed by atoms with E-state index in [1.54, 1.807) is 0 Å². The van der Waals surface area contributed by atoms with Gasteiger partial charge in [-0.2, -0.15) is 0 Å². The first kappa shape index (κ1) is 16.7. The minimum absolute atomic E-state index is 0.397. The van der Waals surface area contributed by atoms with Gasteiger partial charge in [-0.1, -0.05) is 5.57 Å². The molecule has 4 heteroatoms. The second kappa shape index (κ2) is 6.23. The van der Waals surface area contributed by atoms with Crippen molar-refractivity contribution in [1.82, 2.24) is 0 Å². The minimum Gasteiger partial charge on any atom is -0.485 e. The molecule has 0 saturated carbocycles. The van der Waals surface area contributed by atoms with Crippen molar-refractivity contribution in [3.05, 3.63) is 34.9 Å². The van der Waals surface area contributed by atoms with E-state index in [-0.39, 0.29) is 0 Å². The summed E-state index contributed by atoms with van der Waals surface area (Å²) in [5.74, 6) is 0.836. The second-order valence-electron chi connectivity index (χ2n) is 6.70. The summed E-state index contributed by atoms with van der Waals surface area (Å²) in [4.78, 5) is 4.66. The predicted molar refractivity (Wildman–Crippen MR) is 91.2 cm³/mol. The molecule has 1 heterocycles. The van der Waals surface area contributed by atoms with Crippen LogP contribution in [0.4, 0.5) is 5.69 Å². The summed E-state index contributed by atoms with van der Waals surface area (Å²) < 4.78 is 5.93. The third-order valence-corrected chi connectivity index (χ3v) is 3.90. The van der Waals surface area contributed by atoms with E-state index < -0.39 is 11.7 Å². The van der Waals surface area contributed by atoms with Crippen molar-refractivity contribution in [2.24, 2.45) is 10.7 Å². The second-order valence-corrected chi connectivity index (χ2v) is 6.70. The number of hydrogen-bond acceptors (Lipinski definition) is 4. The predicted octanol–water partition coefficient (Wildman–Crippen LogP) is 3.07. The highest BCUT2D eigenvalue weighted by molar-refractivity contribution is 5.98. The Morgan fingerprint density at radius 2 is 2.14 bits per heavy atom. The molecule has 0 radical (unpaired) electrons. The number of benzene rings is 1. The lowest BCUT2D eigenvalue weighted by Gasteiger charge is -2.37. The molecule has 0 aromatic heterocycles. The van der Waals surface area contributed by atoms with Gasteiger partial charge in [-0.05, 0) is 64.0 Å². The Morgan fingerprint density at radius 3 is 2.73 bits per heavy atom. The normalized spacial score (nSPS) is 20.1. The van der Waals surface area contributed by atoms with Crippen LogP contribution in [0.1, 0.15) is 38.8 Å². The lowest BCUT2D eigenvalue weighted by Crippen LogP contribution is -2.46. The third kappa shape index (κ3) is 3.57. The molecule has 0 spiro atoms. The molecule has 1 unspecified atom stereocenters. The van der Waals surface area contributed by atoms with Crippen LogP contribution in [-0.4, -0.2) is 29.1 Å². The number of aliphatic imine (C=N–C) groups is 1. The van der Waals surface area contributed by atoms with Crippen LogP contribution in [0.2, 0.25) is 0 Å². The zero-order valence-electron chi connectivity index (χ0n) is 14.1. The van der Waals surface area contributed by atoms with Gasteiger partial charge in [0.1, 0.15) is 11.4 Å². The van der Waals surface area contributed by atoms with Crippen LogP contribution < -0.4 is 10.5 Å². The van der Waals surface area contributed by atoms with Gasteiger partial charge in [0.25, 0.3) is 0 Å². The summed E-state index contributed by atoms with van der Waals surface area (Å²) in [5, 5.41) is 10.2. The summed E-state index contributed by atoms with van der Waals surface area (Å²) in [6.07, 6.45) is 2.05. The summed E-state index contributed by atoms with van der Waals surface area (Å²) in [6, 6.07) is 4.00. The average Bonchev–Trinajstić information content (AvgIpc) is 2.40. The van der Waals surface area contributed by atoms with E-state index in [1.165, 1.54) is 5.57 Å². The molecule has 0 amide bonds. The Morgan fingerprint density at radius 1 is 1.45 bits per heavy atom. The van der Waals surface area contributed by atoms with Crippen molar-refractivity contribution in [3.63, 3.8) is 0 Å². The van der Waals surface area contributed by atoms with Gasteiger partial charge in [0.15, 0.2) is 0 Å². The van der Waals surface area contributed by atoms with E-state index in [9.17, 15) is 5.11 Å². The molecule has 0 aliphatic carbocycles. The minimum atomic E-state index is -0.561. The van der Waals surface area contributed by atoms with Gasteiger partial charge in [-0.15, -0.1) is 0 Å². The van der Waals surface area contributed by atoms with E-state index in [4.69, 9.17) is 10.5 Å². The van der Waals surface area contributed by atoms with E-state index in [1.807, 2.05) is 52.8 Å². The molecule has 0 saturated heterocycles. The van der Waals surface area contributed by atoms with Crippen LogP contribution in [0.3, 0.4) is 0 Å². The number of aliphatic hydroxyl groups excluding tert-OH is 1. The molecular formula is C18H26N2O2. The number of rotatable bonds is 3. The first-order chi connectivity index (χ1) is 10.2. The first-order valence-electron chi connectivity index (χ1n) is 7.66.